The highest BCUT2D eigenvalue weighted by molar-refractivity contribution is 5.94. The first-order chi connectivity index (χ1) is 10.6. The molecule has 0 spiro atoms. The van der Waals surface area contributed by atoms with Crippen LogP contribution in [0.5, 0.6) is 5.75 Å². The number of amides is 1. The third kappa shape index (κ3) is 4.35. The van der Waals surface area contributed by atoms with E-state index in [1.165, 1.54) is 5.56 Å². The molecule has 0 aliphatic heterocycles. The lowest BCUT2D eigenvalue weighted by Crippen LogP contribution is -2.32. The predicted molar refractivity (Wildman–Crippen MR) is 90.3 cm³/mol. The van der Waals surface area contributed by atoms with Gasteiger partial charge in [0.2, 0.25) is 0 Å². The normalized spacial score (nSPS) is 11.8. The molecule has 0 aliphatic carbocycles. The summed E-state index contributed by atoms with van der Waals surface area (Å²) in [6.07, 6.45) is 1.11. The van der Waals surface area contributed by atoms with Gasteiger partial charge in [0.25, 0.3) is 5.91 Å². The lowest BCUT2D eigenvalue weighted by atomic mass is 10.1. The van der Waals surface area contributed by atoms with E-state index in [-0.39, 0.29) is 5.91 Å². The van der Waals surface area contributed by atoms with Crippen molar-refractivity contribution in [2.45, 2.75) is 39.7 Å². The van der Waals surface area contributed by atoms with E-state index in [4.69, 9.17) is 4.74 Å². The van der Waals surface area contributed by atoms with Crippen LogP contribution in [0.1, 0.15) is 31.4 Å². The molecule has 1 N–H and O–H groups in total. The summed E-state index contributed by atoms with van der Waals surface area (Å²) in [6.45, 7) is 6.06. The first-order valence-corrected chi connectivity index (χ1v) is 7.75. The van der Waals surface area contributed by atoms with Gasteiger partial charge in [0.1, 0.15) is 5.75 Å². The maximum Gasteiger partial charge on any atom is 0.265 e. The molecule has 0 saturated heterocycles. The minimum absolute atomic E-state index is 0.117. The van der Waals surface area contributed by atoms with Crippen molar-refractivity contribution in [2.24, 2.45) is 0 Å². The van der Waals surface area contributed by atoms with E-state index >= 15 is 0 Å². The highest BCUT2D eigenvalue weighted by Crippen LogP contribution is 2.17. The van der Waals surface area contributed by atoms with Gasteiger partial charge in [-0.3, -0.25) is 4.79 Å². The highest BCUT2D eigenvalue weighted by atomic mass is 16.5. The number of rotatable bonds is 6. The summed E-state index contributed by atoms with van der Waals surface area (Å²) < 4.78 is 5.81. The minimum atomic E-state index is -0.493. The van der Waals surface area contributed by atoms with Crippen LogP contribution in [0.15, 0.2) is 48.5 Å². The smallest absolute Gasteiger partial charge is 0.265 e. The Balaban J connectivity index is 2.01. The zero-order chi connectivity index (χ0) is 15.9. The molecule has 0 bridgehead atoms. The van der Waals surface area contributed by atoms with E-state index in [2.05, 4.69) is 12.2 Å². The van der Waals surface area contributed by atoms with Gasteiger partial charge in [-0.2, -0.15) is 0 Å². The summed E-state index contributed by atoms with van der Waals surface area (Å²) in [7, 11) is 0. The molecule has 0 saturated carbocycles. The van der Waals surface area contributed by atoms with Crippen LogP contribution in [-0.4, -0.2) is 12.0 Å². The van der Waals surface area contributed by atoms with Crippen LogP contribution in [0, 0.1) is 6.92 Å². The third-order valence-corrected chi connectivity index (χ3v) is 3.56. The monoisotopic (exact) mass is 297 g/mol. The Bertz CT molecular complexity index is 620. The van der Waals surface area contributed by atoms with Crippen molar-refractivity contribution in [2.75, 3.05) is 5.32 Å². The quantitative estimate of drug-likeness (QED) is 0.860. The maximum absolute atomic E-state index is 12.4. The first kappa shape index (κ1) is 16.1. The Morgan fingerprint density at radius 1 is 1.14 bits per heavy atom. The number of ether oxygens (including phenoxy) is 1. The number of carbonyl (C=O) groups excluding carboxylic acids is 1. The fourth-order valence-corrected chi connectivity index (χ4v) is 2.22. The molecule has 0 fully saturated rings. The standard InChI is InChI=1S/C19H23NO2/c1-4-15-9-11-16(12-10-15)20-19(21)18(5-2)22-17-8-6-7-14(3)13-17/h6-13,18H,4-5H2,1-3H3,(H,20,21)/t18-/m0/s1. The number of nitrogens with one attached hydrogen (secondary N) is 1. The van der Waals surface area contributed by atoms with Crippen molar-refractivity contribution in [3.05, 3.63) is 59.7 Å². The molecule has 0 aliphatic rings. The predicted octanol–water partition coefficient (Wildman–Crippen LogP) is 4.35. The van der Waals surface area contributed by atoms with Gasteiger partial charge in [0.15, 0.2) is 6.10 Å². The Morgan fingerprint density at radius 2 is 1.86 bits per heavy atom. The molecule has 0 heterocycles. The van der Waals surface area contributed by atoms with Gasteiger partial charge in [0.05, 0.1) is 0 Å². The van der Waals surface area contributed by atoms with Crippen molar-refractivity contribution in [3.8, 4) is 5.75 Å². The second-order valence-electron chi connectivity index (χ2n) is 5.37. The molecule has 1 amide bonds. The fourth-order valence-electron chi connectivity index (χ4n) is 2.22. The van der Waals surface area contributed by atoms with Crippen molar-refractivity contribution in [1.29, 1.82) is 0 Å². The van der Waals surface area contributed by atoms with Gasteiger partial charge >= 0.3 is 0 Å². The Morgan fingerprint density at radius 3 is 2.45 bits per heavy atom. The lowest BCUT2D eigenvalue weighted by Gasteiger charge is -2.17. The molecule has 116 valence electrons. The highest BCUT2D eigenvalue weighted by Gasteiger charge is 2.18. The molecule has 2 aromatic carbocycles. The Labute approximate surface area is 132 Å². The first-order valence-electron chi connectivity index (χ1n) is 7.75. The molecule has 2 aromatic rings. The molecule has 22 heavy (non-hydrogen) atoms. The molecule has 1 atom stereocenters. The van der Waals surface area contributed by atoms with E-state index in [0.717, 1.165) is 23.4 Å². The average molecular weight is 297 g/mol. The van der Waals surface area contributed by atoms with Gasteiger partial charge in [-0.1, -0.05) is 38.1 Å². The summed E-state index contributed by atoms with van der Waals surface area (Å²) in [6, 6.07) is 15.6. The average Bonchev–Trinajstić information content (AvgIpc) is 2.53. The van der Waals surface area contributed by atoms with E-state index < -0.39 is 6.10 Å². The molecule has 2 rings (SSSR count). The van der Waals surface area contributed by atoms with Gasteiger partial charge in [0, 0.05) is 5.69 Å². The van der Waals surface area contributed by atoms with Gasteiger partial charge in [-0.05, 0) is 55.2 Å². The summed E-state index contributed by atoms with van der Waals surface area (Å²) in [4.78, 5) is 12.4. The van der Waals surface area contributed by atoms with E-state index in [1.54, 1.807) is 0 Å². The number of benzene rings is 2. The SMILES string of the molecule is CCc1ccc(NC(=O)[C@H](CC)Oc2cccc(C)c2)cc1. The number of hydrogen-bond donors (Lipinski definition) is 1. The summed E-state index contributed by atoms with van der Waals surface area (Å²) in [5, 5.41) is 2.92. The van der Waals surface area contributed by atoms with Crippen molar-refractivity contribution < 1.29 is 9.53 Å². The zero-order valence-corrected chi connectivity index (χ0v) is 13.4. The van der Waals surface area contributed by atoms with Crippen LogP contribution in [-0.2, 0) is 11.2 Å². The van der Waals surface area contributed by atoms with E-state index in [0.29, 0.717) is 6.42 Å². The van der Waals surface area contributed by atoms with Gasteiger partial charge in [-0.15, -0.1) is 0 Å². The van der Waals surface area contributed by atoms with Crippen LogP contribution in [0.2, 0.25) is 0 Å². The number of aryl methyl sites for hydroxylation is 2. The lowest BCUT2D eigenvalue weighted by molar-refractivity contribution is -0.122. The van der Waals surface area contributed by atoms with Crippen molar-refractivity contribution >= 4 is 11.6 Å². The molecule has 0 aromatic heterocycles. The van der Waals surface area contributed by atoms with E-state index in [1.807, 2.05) is 62.4 Å². The van der Waals surface area contributed by atoms with Crippen LogP contribution in [0.3, 0.4) is 0 Å². The summed E-state index contributed by atoms with van der Waals surface area (Å²) in [5.41, 5.74) is 3.16. The third-order valence-electron chi connectivity index (χ3n) is 3.56. The second kappa shape index (κ2) is 7.64. The Hall–Kier alpha value is -2.29. The van der Waals surface area contributed by atoms with Crippen LogP contribution < -0.4 is 10.1 Å². The number of hydrogen-bond acceptors (Lipinski definition) is 2. The topological polar surface area (TPSA) is 38.3 Å². The molecule has 0 radical (unpaired) electrons. The molecule has 3 heteroatoms. The summed E-state index contributed by atoms with van der Waals surface area (Å²) in [5.74, 6) is 0.608. The zero-order valence-electron chi connectivity index (χ0n) is 13.4. The second-order valence-corrected chi connectivity index (χ2v) is 5.37. The van der Waals surface area contributed by atoms with Crippen molar-refractivity contribution in [1.82, 2.24) is 0 Å². The van der Waals surface area contributed by atoms with Crippen molar-refractivity contribution in [3.63, 3.8) is 0 Å². The van der Waals surface area contributed by atoms with Crippen LogP contribution >= 0.6 is 0 Å². The fraction of sp³-hybridized carbons (Fsp3) is 0.316. The largest absolute Gasteiger partial charge is 0.481 e. The minimum Gasteiger partial charge on any atom is -0.481 e. The van der Waals surface area contributed by atoms with Crippen LogP contribution in [0.4, 0.5) is 5.69 Å². The Kier molecular flexibility index (Phi) is 5.59. The molecule has 3 nitrogen and oxygen atoms in total. The number of anilines is 1. The molecule has 0 unspecified atom stereocenters. The van der Waals surface area contributed by atoms with Gasteiger partial charge in [-0.25, -0.2) is 0 Å². The van der Waals surface area contributed by atoms with Gasteiger partial charge < -0.3 is 10.1 Å². The number of carbonyl (C=O) groups is 1. The van der Waals surface area contributed by atoms with E-state index in [9.17, 15) is 4.79 Å². The molecular weight excluding hydrogens is 274 g/mol. The molecular formula is C19H23NO2. The summed E-state index contributed by atoms with van der Waals surface area (Å²) >= 11 is 0. The van der Waals surface area contributed by atoms with Crippen LogP contribution in [0.25, 0.3) is 0 Å². The maximum atomic E-state index is 12.4.